The van der Waals surface area contributed by atoms with Crippen molar-refractivity contribution >= 4 is 11.9 Å². The summed E-state index contributed by atoms with van der Waals surface area (Å²) in [6.07, 6.45) is 0.146. The van der Waals surface area contributed by atoms with Crippen LogP contribution < -0.4 is 0 Å². The molecule has 0 saturated heterocycles. The first-order valence-corrected chi connectivity index (χ1v) is 9.13. The number of ether oxygens (including phenoxy) is 4. The Bertz CT molecular complexity index is 406. The minimum absolute atomic E-state index is 0.00916. The lowest BCUT2D eigenvalue weighted by molar-refractivity contribution is -0.157. The number of hydrogen-bond donors (Lipinski definition) is 2. The van der Waals surface area contributed by atoms with E-state index in [1.54, 1.807) is 41.5 Å². The van der Waals surface area contributed by atoms with Crippen LogP contribution >= 0.6 is 0 Å². The molecule has 0 heterocycles. The average molecular weight is 392 g/mol. The third-order valence-electron chi connectivity index (χ3n) is 3.23. The van der Waals surface area contributed by atoms with Crippen LogP contribution in [-0.4, -0.2) is 73.0 Å². The van der Waals surface area contributed by atoms with Gasteiger partial charge in [-0.15, -0.1) is 0 Å². The van der Waals surface area contributed by atoms with Gasteiger partial charge in [-0.3, -0.25) is 9.59 Å². The second kappa shape index (κ2) is 11.6. The third kappa shape index (κ3) is 13.6. The number of hydrogen-bond acceptors (Lipinski definition) is 8. The van der Waals surface area contributed by atoms with Crippen molar-refractivity contribution in [1.29, 1.82) is 0 Å². The van der Waals surface area contributed by atoms with Gasteiger partial charge >= 0.3 is 11.9 Å². The van der Waals surface area contributed by atoms with E-state index in [2.05, 4.69) is 0 Å². The maximum absolute atomic E-state index is 11.6. The number of aliphatic hydroxyl groups is 2. The second-order valence-corrected chi connectivity index (χ2v) is 8.59. The van der Waals surface area contributed by atoms with Crippen LogP contribution in [0.3, 0.4) is 0 Å². The molecule has 27 heavy (non-hydrogen) atoms. The maximum Gasteiger partial charge on any atom is 0.308 e. The van der Waals surface area contributed by atoms with Crippen molar-refractivity contribution in [2.45, 2.75) is 65.6 Å². The third-order valence-corrected chi connectivity index (χ3v) is 3.23. The molecule has 0 spiro atoms. The zero-order valence-corrected chi connectivity index (χ0v) is 17.5. The quantitative estimate of drug-likeness (QED) is 0.379. The van der Waals surface area contributed by atoms with E-state index in [1.165, 1.54) is 0 Å². The highest BCUT2D eigenvalue weighted by atomic mass is 16.6. The lowest BCUT2D eigenvalue weighted by Gasteiger charge is -2.29. The summed E-state index contributed by atoms with van der Waals surface area (Å²) in [6.45, 7) is 10.2. The Hall–Kier alpha value is -1.22. The van der Waals surface area contributed by atoms with Crippen molar-refractivity contribution in [2.24, 2.45) is 5.41 Å². The van der Waals surface area contributed by atoms with Crippen LogP contribution in [0.15, 0.2) is 0 Å². The van der Waals surface area contributed by atoms with Gasteiger partial charge in [-0.25, -0.2) is 0 Å². The molecule has 0 aromatic carbocycles. The zero-order valence-electron chi connectivity index (χ0n) is 17.5. The van der Waals surface area contributed by atoms with Gasteiger partial charge in [0, 0.05) is 0 Å². The van der Waals surface area contributed by atoms with E-state index in [-0.39, 0.29) is 64.4 Å². The fourth-order valence-electron chi connectivity index (χ4n) is 1.95. The highest BCUT2D eigenvalue weighted by Crippen LogP contribution is 2.18. The molecule has 0 aliphatic rings. The molecule has 0 radical (unpaired) electrons. The van der Waals surface area contributed by atoms with E-state index in [0.29, 0.717) is 0 Å². The molecule has 0 unspecified atom stereocenters. The Morgan fingerprint density at radius 1 is 0.704 bits per heavy atom. The summed E-state index contributed by atoms with van der Waals surface area (Å²) in [4.78, 5) is 23.3. The Balaban J connectivity index is 4.21. The van der Waals surface area contributed by atoms with Crippen LogP contribution in [0.5, 0.6) is 0 Å². The first-order chi connectivity index (χ1) is 12.3. The molecule has 0 atom stereocenters. The fourth-order valence-corrected chi connectivity index (χ4v) is 1.95. The van der Waals surface area contributed by atoms with Gasteiger partial charge in [0.25, 0.3) is 0 Å². The van der Waals surface area contributed by atoms with Crippen LogP contribution in [-0.2, 0) is 28.5 Å². The lowest BCUT2D eigenvalue weighted by Crippen LogP contribution is -2.40. The molecule has 2 N–H and O–H groups in total. The van der Waals surface area contributed by atoms with Gasteiger partial charge in [-0.05, 0) is 41.5 Å². The van der Waals surface area contributed by atoms with E-state index in [0.717, 1.165) is 0 Å². The van der Waals surface area contributed by atoms with Gasteiger partial charge < -0.3 is 29.2 Å². The summed E-state index contributed by atoms with van der Waals surface area (Å²) in [6, 6.07) is 0. The van der Waals surface area contributed by atoms with Crippen LogP contribution in [0.25, 0.3) is 0 Å². The molecule has 0 aromatic heterocycles. The Kier molecular flexibility index (Phi) is 11.1. The van der Waals surface area contributed by atoms with Gasteiger partial charge in [0.05, 0.1) is 57.9 Å². The number of carbonyl (C=O) groups excluding carboxylic acids is 2. The van der Waals surface area contributed by atoms with Gasteiger partial charge in [0.1, 0.15) is 11.2 Å². The van der Waals surface area contributed by atoms with Gasteiger partial charge in [0.2, 0.25) is 0 Å². The molecule has 160 valence electrons. The second-order valence-electron chi connectivity index (χ2n) is 8.59. The fraction of sp³-hybridized carbons (Fsp3) is 0.895. The number of aliphatic hydroxyl groups excluding tert-OH is 2. The summed E-state index contributed by atoms with van der Waals surface area (Å²) in [5.41, 5.74) is -2.13. The Morgan fingerprint density at radius 3 is 1.30 bits per heavy atom. The van der Waals surface area contributed by atoms with E-state index in [9.17, 15) is 19.8 Å². The predicted octanol–water partition coefficient (Wildman–Crippen LogP) is 1.45. The molecule has 0 aliphatic carbocycles. The predicted molar refractivity (Wildman–Crippen MR) is 99.2 cm³/mol. The molecule has 0 aromatic rings. The standard InChI is InChI=1S/C19H36O8/c1-17(2,3)26-15(22)7-9-24-13-19(11-20,12-21)14-25-10-8-16(23)27-18(4,5)6/h20-21H,7-14H2,1-6H3. The molecule has 8 nitrogen and oxygen atoms in total. The van der Waals surface area contributed by atoms with E-state index in [1.807, 2.05) is 0 Å². The molecule has 0 saturated carbocycles. The largest absolute Gasteiger partial charge is 0.460 e. The van der Waals surface area contributed by atoms with Crippen molar-refractivity contribution in [2.75, 3.05) is 39.6 Å². The van der Waals surface area contributed by atoms with Crippen molar-refractivity contribution < 1.29 is 38.7 Å². The number of carbonyl (C=O) groups is 2. The van der Waals surface area contributed by atoms with Crippen molar-refractivity contribution in [3.63, 3.8) is 0 Å². The smallest absolute Gasteiger partial charge is 0.308 e. The Labute approximate surface area is 162 Å². The maximum atomic E-state index is 11.6. The minimum atomic E-state index is -1.01. The highest BCUT2D eigenvalue weighted by Gasteiger charge is 2.30. The summed E-state index contributed by atoms with van der Waals surface area (Å²) < 4.78 is 21.2. The Morgan fingerprint density at radius 2 is 1.04 bits per heavy atom. The van der Waals surface area contributed by atoms with E-state index >= 15 is 0 Å². The SMILES string of the molecule is CC(C)(C)OC(=O)CCOCC(CO)(CO)COCCC(=O)OC(C)(C)C. The van der Waals surface area contributed by atoms with Crippen LogP contribution in [0.1, 0.15) is 54.4 Å². The van der Waals surface area contributed by atoms with Crippen molar-refractivity contribution in [1.82, 2.24) is 0 Å². The molecule has 0 fully saturated rings. The summed E-state index contributed by atoms with van der Waals surface area (Å²) in [5, 5.41) is 19.2. The van der Waals surface area contributed by atoms with Crippen LogP contribution in [0.4, 0.5) is 0 Å². The molecule has 8 heteroatoms. The molecule has 0 bridgehead atoms. The molecular weight excluding hydrogens is 356 g/mol. The van der Waals surface area contributed by atoms with Gasteiger partial charge in [0.15, 0.2) is 0 Å². The number of esters is 2. The van der Waals surface area contributed by atoms with Crippen molar-refractivity contribution in [3.05, 3.63) is 0 Å². The first-order valence-electron chi connectivity index (χ1n) is 9.13. The topological polar surface area (TPSA) is 112 Å². The van der Waals surface area contributed by atoms with Crippen molar-refractivity contribution in [3.8, 4) is 0 Å². The normalized spacial score (nSPS) is 12.7. The monoisotopic (exact) mass is 392 g/mol. The highest BCUT2D eigenvalue weighted by molar-refractivity contribution is 5.70. The molecular formula is C19H36O8. The molecule has 0 rings (SSSR count). The zero-order chi connectivity index (χ0) is 21.1. The number of rotatable bonds is 12. The summed E-state index contributed by atoms with van der Waals surface area (Å²) in [5.74, 6) is -0.760. The van der Waals surface area contributed by atoms with E-state index in [4.69, 9.17) is 18.9 Å². The van der Waals surface area contributed by atoms with Gasteiger partial charge in [-0.2, -0.15) is 0 Å². The molecule has 0 aliphatic heterocycles. The minimum Gasteiger partial charge on any atom is -0.460 e. The average Bonchev–Trinajstić information content (AvgIpc) is 2.50. The molecule has 0 amide bonds. The van der Waals surface area contributed by atoms with E-state index < -0.39 is 16.6 Å². The lowest BCUT2D eigenvalue weighted by atomic mass is 9.92. The van der Waals surface area contributed by atoms with Gasteiger partial charge in [-0.1, -0.05) is 0 Å². The first kappa shape index (κ1) is 25.8. The summed E-state index contributed by atoms with van der Waals surface area (Å²) >= 11 is 0. The van der Waals surface area contributed by atoms with Crippen LogP contribution in [0.2, 0.25) is 0 Å². The van der Waals surface area contributed by atoms with Crippen LogP contribution in [0, 0.1) is 5.41 Å². The summed E-state index contributed by atoms with van der Waals surface area (Å²) in [7, 11) is 0.